The fourth-order valence-electron chi connectivity index (χ4n) is 1.98. The van der Waals surface area contributed by atoms with Gasteiger partial charge in [-0.15, -0.1) is 0 Å². The van der Waals surface area contributed by atoms with Crippen LogP contribution in [0.3, 0.4) is 0 Å². The number of rotatable bonds is 9. The number of hydrogen-bond acceptors (Lipinski definition) is 6. The summed E-state index contributed by atoms with van der Waals surface area (Å²) >= 11 is 0. The van der Waals surface area contributed by atoms with Crippen molar-refractivity contribution in [3.8, 4) is 0 Å². The summed E-state index contributed by atoms with van der Waals surface area (Å²) in [6.07, 6.45) is 2.39. The van der Waals surface area contributed by atoms with Crippen LogP contribution in [0.4, 0.5) is 17.3 Å². The van der Waals surface area contributed by atoms with E-state index in [1.165, 1.54) is 6.07 Å². The van der Waals surface area contributed by atoms with Gasteiger partial charge in [0.05, 0.1) is 10.5 Å². The highest BCUT2D eigenvalue weighted by molar-refractivity contribution is 5.60. The Labute approximate surface area is 124 Å². The first kappa shape index (κ1) is 17.2. The standard InChI is InChI=1S/C14H24N4O3/c1-4-8-14(3,19)10-16-13-11(18(20)21)6-7-12(17-13)15-9-5-2/h6-7,19H,4-5,8-10H2,1-3H3,(H2,15,16,17). The number of pyridine rings is 1. The Morgan fingerprint density at radius 2 is 2.05 bits per heavy atom. The zero-order valence-electron chi connectivity index (χ0n) is 12.8. The molecule has 7 heteroatoms. The molecule has 0 amide bonds. The van der Waals surface area contributed by atoms with Crippen LogP contribution in [0.1, 0.15) is 40.0 Å². The van der Waals surface area contributed by atoms with Gasteiger partial charge in [-0.3, -0.25) is 10.1 Å². The van der Waals surface area contributed by atoms with Crippen LogP contribution in [0.5, 0.6) is 0 Å². The summed E-state index contributed by atoms with van der Waals surface area (Å²) in [5.41, 5.74) is -1.01. The molecule has 0 aliphatic heterocycles. The van der Waals surface area contributed by atoms with Crippen LogP contribution in [0.2, 0.25) is 0 Å². The Balaban J connectivity index is 2.88. The molecule has 0 fully saturated rings. The van der Waals surface area contributed by atoms with Gasteiger partial charge in [0, 0.05) is 19.2 Å². The van der Waals surface area contributed by atoms with E-state index in [4.69, 9.17) is 0 Å². The minimum Gasteiger partial charge on any atom is -0.388 e. The van der Waals surface area contributed by atoms with Crippen LogP contribution in [0.15, 0.2) is 12.1 Å². The largest absolute Gasteiger partial charge is 0.388 e. The maximum atomic E-state index is 11.0. The average molecular weight is 296 g/mol. The van der Waals surface area contributed by atoms with Crippen molar-refractivity contribution in [2.75, 3.05) is 23.7 Å². The van der Waals surface area contributed by atoms with Gasteiger partial charge in [-0.05, 0) is 25.8 Å². The zero-order chi connectivity index (χ0) is 15.9. The number of nitrogens with zero attached hydrogens (tertiary/aromatic N) is 2. The summed E-state index contributed by atoms with van der Waals surface area (Å²) in [7, 11) is 0. The van der Waals surface area contributed by atoms with Crippen LogP contribution in [-0.4, -0.2) is 33.7 Å². The van der Waals surface area contributed by atoms with Crippen molar-refractivity contribution in [3.05, 3.63) is 22.2 Å². The molecular weight excluding hydrogens is 272 g/mol. The number of nitrogens with one attached hydrogen (secondary N) is 2. The summed E-state index contributed by atoms with van der Waals surface area (Å²) in [4.78, 5) is 14.8. The number of aliphatic hydroxyl groups is 1. The van der Waals surface area contributed by atoms with Gasteiger partial charge in [-0.1, -0.05) is 20.3 Å². The summed E-state index contributed by atoms with van der Waals surface area (Å²) in [5, 5.41) is 27.2. The minimum absolute atomic E-state index is 0.0932. The molecule has 0 saturated heterocycles. The fourth-order valence-corrected chi connectivity index (χ4v) is 1.98. The number of hydrogen-bond donors (Lipinski definition) is 3. The summed E-state index contributed by atoms with van der Waals surface area (Å²) in [6, 6.07) is 3.00. The van der Waals surface area contributed by atoms with Crippen molar-refractivity contribution in [1.29, 1.82) is 0 Å². The minimum atomic E-state index is -0.919. The second kappa shape index (κ2) is 7.78. The highest BCUT2D eigenvalue weighted by atomic mass is 16.6. The van der Waals surface area contributed by atoms with Crippen LogP contribution < -0.4 is 10.6 Å². The molecule has 21 heavy (non-hydrogen) atoms. The first-order chi connectivity index (χ1) is 9.89. The van der Waals surface area contributed by atoms with Crippen molar-refractivity contribution in [2.24, 2.45) is 0 Å². The molecule has 0 spiro atoms. The normalized spacial score (nSPS) is 13.5. The third kappa shape index (κ3) is 5.55. The smallest absolute Gasteiger partial charge is 0.311 e. The topological polar surface area (TPSA) is 100 Å². The number of nitro groups is 1. The van der Waals surface area contributed by atoms with Gasteiger partial charge in [-0.2, -0.15) is 0 Å². The van der Waals surface area contributed by atoms with Gasteiger partial charge in [0.1, 0.15) is 5.82 Å². The molecule has 1 aromatic heterocycles. The van der Waals surface area contributed by atoms with E-state index >= 15 is 0 Å². The maximum absolute atomic E-state index is 11.0. The van der Waals surface area contributed by atoms with Crippen LogP contribution >= 0.6 is 0 Å². The number of anilines is 2. The van der Waals surface area contributed by atoms with Crippen LogP contribution in [0, 0.1) is 10.1 Å². The second-order valence-corrected chi connectivity index (χ2v) is 5.35. The highest BCUT2D eigenvalue weighted by Crippen LogP contribution is 2.25. The zero-order valence-corrected chi connectivity index (χ0v) is 12.8. The average Bonchev–Trinajstić information content (AvgIpc) is 2.42. The summed E-state index contributed by atoms with van der Waals surface area (Å²) < 4.78 is 0. The van der Waals surface area contributed by atoms with Crippen molar-refractivity contribution in [2.45, 2.75) is 45.6 Å². The van der Waals surface area contributed by atoms with Crippen molar-refractivity contribution < 1.29 is 10.0 Å². The van der Waals surface area contributed by atoms with Crippen LogP contribution in [-0.2, 0) is 0 Å². The van der Waals surface area contributed by atoms with Gasteiger partial charge in [0.15, 0.2) is 0 Å². The molecule has 0 aliphatic rings. The maximum Gasteiger partial charge on any atom is 0.311 e. The molecule has 1 unspecified atom stereocenters. The first-order valence-electron chi connectivity index (χ1n) is 7.25. The third-order valence-corrected chi connectivity index (χ3v) is 3.05. The molecule has 118 valence electrons. The first-order valence-corrected chi connectivity index (χ1v) is 7.25. The summed E-state index contributed by atoms with van der Waals surface area (Å²) in [6.45, 7) is 6.67. The molecule has 0 radical (unpaired) electrons. The van der Waals surface area contributed by atoms with E-state index in [0.29, 0.717) is 12.2 Å². The molecule has 1 atom stereocenters. The Hall–Kier alpha value is -1.89. The molecule has 3 N–H and O–H groups in total. The monoisotopic (exact) mass is 296 g/mol. The van der Waals surface area contributed by atoms with E-state index in [1.54, 1.807) is 13.0 Å². The summed E-state index contributed by atoms with van der Waals surface area (Å²) in [5.74, 6) is 0.762. The Kier molecular flexibility index (Phi) is 6.36. The van der Waals surface area contributed by atoms with Gasteiger partial charge in [-0.25, -0.2) is 4.98 Å². The van der Waals surface area contributed by atoms with E-state index in [2.05, 4.69) is 15.6 Å². The molecule has 0 bridgehead atoms. The van der Waals surface area contributed by atoms with E-state index in [0.717, 1.165) is 19.4 Å². The van der Waals surface area contributed by atoms with Gasteiger partial charge >= 0.3 is 5.69 Å². The lowest BCUT2D eigenvalue weighted by Crippen LogP contribution is -2.33. The molecule has 0 aliphatic carbocycles. The Morgan fingerprint density at radius 1 is 1.33 bits per heavy atom. The van der Waals surface area contributed by atoms with Crippen LogP contribution in [0.25, 0.3) is 0 Å². The van der Waals surface area contributed by atoms with Crippen molar-refractivity contribution in [3.63, 3.8) is 0 Å². The Morgan fingerprint density at radius 3 is 2.62 bits per heavy atom. The second-order valence-electron chi connectivity index (χ2n) is 5.35. The van der Waals surface area contributed by atoms with Gasteiger partial charge in [0.25, 0.3) is 0 Å². The molecule has 0 aromatic carbocycles. The lowest BCUT2D eigenvalue weighted by atomic mass is 10.0. The number of aromatic nitrogens is 1. The Bertz CT molecular complexity index is 477. The van der Waals surface area contributed by atoms with Crippen molar-refractivity contribution in [1.82, 2.24) is 4.98 Å². The SMILES string of the molecule is CCCNc1ccc([N+](=O)[O-])c(NCC(C)(O)CCC)n1. The van der Waals surface area contributed by atoms with E-state index in [9.17, 15) is 15.2 Å². The quantitative estimate of drug-likeness (QED) is 0.478. The molecule has 0 saturated carbocycles. The third-order valence-electron chi connectivity index (χ3n) is 3.05. The predicted molar refractivity (Wildman–Crippen MR) is 83.7 cm³/mol. The fraction of sp³-hybridized carbons (Fsp3) is 0.643. The highest BCUT2D eigenvalue weighted by Gasteiger charge is 2.22. The van der Waals surface area contributed by atoms with Gasteiger partial charge < -0.3 is 15.7 Å². The van der Waals surface area contributed by atoms with E-state index in [-0.39, 0.29) is 18.1 Å². The molecule has 1 heterocycles. The molecule has 7 nitrogen and oxygen atoms in total. The van der Waals surface area contributed by atoms with Gasteiger partial charge in [0.2, 0.25) is 5.82 Å². The van der Waals surface area contributed by atoms with Crippen molar-refractivity contribution >= 4 is 17.3 Å². The van der Waals surface area contributed by atoms with E-state index in [1.807, 2.05) is 13.8 Å². The lowest BCUT2D eigenvalue weighted by molar-refractivity contribution is -0.384. The molecule has 1 aromatic rings. The lowest BCUT2D eigenvalue weighted by Gasteiger charge is -2.23. The predicted octanol–water partition coefficient (Wildman–Crippen LogP) is 2.77. The van der Waals surface area contributed by atoms with E-state index < -0.39 is 10.5 Å². The molecule has 1 rings (SSSR count). The molecular formula is C14H24N4O3.